The van der Waals surface area contributed by atoms with E-state index in [1.54, 1.807) is 17.0 Å². The number of nitrogens with zero attached hydrogens (tertiary/aromatic N) is 2. The zero-order chi connectivity index (χ0) is 21.5. The van der Waals surface area contributed by atoms with Gasteiger partial charge in [0.25, 0.3) is 0 Å². The van der Waals surface area contributed by atoms with Gasteiger partial charge in [0, 0.05) is 4.47 Å². The van der Waals surface area contributed by atoms with Gasteiger partial charge in [0.05, 0.1) is 28.2 Å². The number of imidazole rings is 1. The van der Waals surface area contributed by atoms with Crippen molar-refractivity contribution >= 4 is 49.7 Å². The molecule has 2 unspecified atom stereocenters. The fourth-order valence-electron chi connectivity index (χ4n) is 3.19. The minimum Gasteiger partial charge on any atom is -0.480 e. The van der Waals surface area contributed by atoms with E-state index in [9.17, 15) is 23.1 Å². The lowest BCUT2D eigenvalue weighted by Gasteiger charge is -2.17. The van der Waals surface area contributed by atoms with Crippen molar-refractivity contribution in [2.75, 3.05) is 0 Å². The Morgan fingerprint density at radius 1 is 1.27 bits per heavy atom. The fourth-order valence-corrected chi connectivity index (χ4v) is 4.67. The van der Waals surface area contributed by atoms with Crippen LogP contribution in [0.25, 0.3) is 16.1 Å². The van der Waals surface area contributed by atoms with Crippen LogP contribution in [-0.2, 0) is 22.3 Å². The van der Waals surface area contributed by atoms with E-state index in [-0.39, 0.29) is 12.2 Å². The number of carboxylic acids is 1. The molecule has 1 aromatic heterocycles. The second-order valence-electron chi connectivity index (χ2n) is 6.56. The van der Waals surface area contributed by atoms with Gasteiger partial charge in [0.15, 0.2) is 0 Å². The number of halogens is 4. The lowest BCUT2D eigenvalue weighted by atomic mass is 10.1. The number of aromatic nitrogens is 2. The van der Waals surface area contributed by atoms with Crippen LogP contribution in [-0.4, -0.2) is 32.0 Å². The summed E-state index contributed by atoms with van der Waals surface area (Å²) in [5, 5.41) is 9.20. The van der Waals surface area contributed by atoms with Crippen LogP contribution < -0.4 is 0 Å². The second kappa shape index (κ2) is 8.09. The monoisotopic (exact) mass is 498 g/mol. The highest BCUT2D eigenvalue weighted by molar-refractivity contribution is 9.10. The summed E-state index contributed by atoms with van der Waals surface area (Å²) >= 11 is 4.47. The molecule has 3 aromatic rings. The molecule has 2 heterocycles. The summed E-state index contributed by atoms with van der Waals surface area (Å²) in [6.45, 7) is -0.356. The summed E-state index contributed by atoms with van der Waals surface area (Å²) in [5.74, 6) is -1.11. The molecule has 10 heteroatoms. The van der Waals surface area contributed by atoms with E-state index in [0.29, 0.717) is 5.03 Å². The zero-order valence-corrected chi connectivity index (χ0v) is 17.5. The van der Waals surface area contributed by atoms with Gasteiger partial charge in [-0.25, -0.2) is 4.98 Å². The highest BCUT2D eigenvalue weighted by Gasteiger charge is 2.37. The maximum Gasteiger partial charge on any atom is 0.416 e. The number of carboxylic acid groups (broad SMARTS) is 1. The van der Waals surface area contributed by atoms with Gasteiger partial charge >= 0.3 is 12.1 Å². The molecular formula is C20H14BrF3N2O3S. The lowest BCUT2D eigenvalue weighted by molar-refractivity contribution is -0.141. The number of rotatable bonds is 5. The molecule has 2 aromatic carbocycles. The predicted molar refractivity (Wildman–Crippen MR) is 111 cm³/mol. The van der Waals surface area contributed by atoms with E-state index >= 15 is 0 Å². The average Bonchev–Trinajstić information content (AvgIpc) is 3.29. The normalized spacial score (nSPS) is 19.3. The molecule has 0 fully saturated rings. The first kappa shape index (κ1) is 21.0. The van der Waals surface area contributed by atoms with Gasteiger partial charge in [-0.1, -0.05) is 45.9 Å². The lowest BCUT2D eigenvalue weighted by Crippen LogP contribution is -2.29. The number of carbonyl (C=O) groups is 1. The molecule has 1 N–H and O–H groups in total. The van der Waals surface area contributed by atoms with Gasteiger partial charge in [-0.2, -0.15) is 13.2 Å². The molecule has 4 rings (SSSR count). The first-order valence-corrected chi connectivity index (χ1v) is 10.4. The molecule has 0 radical (unpaired) electrons. The van der Waals surface area contributed by atoms with Crippen molar-refractivity contribution in [1.82, 2.24) is 9.55 Å². The highest BCUT2D eigenvalue weighted by Crippen LogP contribution is 2.40. The number of benzene rings is 2. The van der Waals surface area contributed by atoms with Crippen LogP contribution >= 0.6 is 27.7 Å². The molecule has 1 aliphatic heterocycles. The standard InChI is InChI=1S/C20H14BrF3N2O3S/c21-12-5-6-14-15(7-12)26(10-25-14)17-8-16(18(30-17)19(27)28)29-9-11-3-1-2-4-13(11)20(22,23)24/h1-8,10,16,18H,9H2,(H,27,28). The molecule has 0 spiro atoms. The molecule has 1 aliphatic rings. The van der Waals surface area contributed by atoms with Crippen LogP contribution in [0.1, 0.15) is 11.1 Å². The molecular weight excluding hydrogens is 485 g/mol. The summed E-state index contributed by atoms with van der Waals surface area (Å²) in [7, 11) is 0. The Kier molecular flexibility index (Phi) is 5.65. The molecule has 0 saturated heterocycles. The molecule has 0 saturated carbocycles. The largest absolute Gasteiger partial charge is 0.480 e. The molecule has 5 nitrogen and oxygen atoms in total. The first-order chi connectivity index (χ1) is 14.2. The number of ether oxygens (including phenoxy) is 1. The van der Waals surface area contributed by atoms with Gasteiger partial charge in [-0.05, 0) is 35.9 Å². The third-order valence-corrected chi connectivity index (χ3v) is 6.39. The number of hydrogen-bond donors (Lipinski definition) is 1. The molecule has 0 amide bonds. The van der Waals surface area contributed by atoms with Gasteiger partial charge in [0.1, 0.15) is 17.7 Å². The molecule has 0 aliphatic carbocycles. The third-order valence-electron chi connectivity index (χ3n) is 4.60. The van der Waals surface area contributed by atoms with Gasteiger partial charge in [0.2, 0.25) is 0 Å². The maximum absolute atomic E-state index is 13.2. The van der Waals surface area contributed by atoms with Crippen LogP contribution in [0.4, 0.5) is 13.2 Å². The number of thioether (sulfide) groups is 1. The van der Waals surface area contributed by atoms with Crippen molar-refractivity contribution in [3.8, 4) is 0 Å². The summed E-state index contributed by atoms with van der Waals surface area (Å²) < 4.78 is 47.8. The Hall–Kier alpha value is -2.30. The van der Waals surface area contributed by atoms with E-state index in [1.807, 2.05) is 18.2 Å². The quantitative estimate of drug-likeness (QED) is 0.510. The third kappa shape index (κ3) is 4.12. The second-order valence-corrected chi connectivity index (χ2v) is 8.64. The Bertz CT molecular complexity index is 1150. The maximum atomic E-state index is 13.2. The fraction of sp³-hybridized carbons (Fsp3) is 0.200. The SMILES string of the molecule is O=C(O)C1SC(n2cnc3ccc(Br)cc32)=CC1OCc1ccccc1C(F)(F)F. The van der Waals surface area contributed by atoms with E-state index in [4.69, 9.17) is 4.74 Å². The van der Waals surface area contributed by atoms with Crippen molar-refractivity contribution in [3.05, 3.63) is 70.5 Å². The van der Waals surface area contributed by atoms with Gasteiger partial charge < -0.3 is 9.84 Å². The van der Waals surface area contributed by atoms with Crippen molar-refractivity contribution < 1.29 is 27.8 Å². The Labute approximate surface area is 181 Å². The number of alkyl halides is 3. The van der Waals surface area contributed by atoms with Crippen LogP contribution in [0.2, 0.25) is 0 Å². The molecule has 0 bridgehead atoms. The van der Waals surface area contributed by atoms with Gasteiger partial charge in [-0.3, -0.25) is 9.36 Å². The predicted octanol–water partition coefficient (Wildman–Crippen LogP) is 5.40. The summed E-state index contributed by atoms with van der Waals surface area (Å²) in [6, 6.07) is 10.6. The molecule has 2 atom stereocenters. The summed E-state index contributed by atoms with van der Waals surface area (Å²) in [4.78, 5) is 16.0. The Balaban J connectivity index is 1.62. The first-order valence-electron chi connectivity index (χ1n) is 8.75. The van der Waals surface area contributed by atoms with Crippen molar-refractivity contribution in [3.63, 3.8) is 0 Å². The number of fused-ring (bicyclic) bond motifs is 1. The smallest absolute Gasteiger partial charge is 0.416 e. The zero-order valence-electron chi connectivity index (χ0n) is 15.1. The van der Waals surface area contributed by atoms with Crippen LogP contribution in [0.5, 0.6) is 0 Å². The molecule has 156 valence electrons. The van der Waals surface area contributed by atoms with Crippen molar-refractivity contribution in [2.45, 2.75) is 24.1 Å². The van der Waals surface area contributed by atoms with Crippen molar-refractivity contribution in [2.24, 2.45) is 0 Å². The van der Waals surface area contributed by atoms with Crippen LogP contribution in [0, 0.1) is 0 Å². The number of aliphatic carboxylic acids is 1. The Morgan fingerprint density at radius 3 is 2.77 bits per heavy atom. The van der Waals surface area contributed by atoms with Crippen LogP contribution in [0.15, 0.2) is 59.3 Å². The van der Waals surface area contributed by atoms with Crippen LogP contribution in [0.3, 0.4) is 0 Å². The average molecular weight is 499 g/mol. The summed E-state index contributed by atoms with van der Waals surface area (Å²) in [5.41, 5.74) is 0.667. The van der Waals surface area contributed by atoms with E-state index in [2.05, 4.69) is 20.9 Å². The van der Waals surface area contributed by atoms with E-state index < -0.39 is 29.1 Å². The minimum absolute atomic E-state index is 0.0435. The van der Waals surface area contributed by atoms with E-state index in [1.165, 1.54) is 18.2 Å². The number of hydrogen-bond acceptors (Lipinski definition) is 4. The highest BCUT2D eigenvalue weighted by atomic mass is 79.9. The topological polar surface area (TPSA) is 64.3 Å². The minimum atomic E-state index is -4.51. The summed E-state index contributed by atoms with van der Waals surface area (Å²) in [6.07, 6.45) is -2.22. The van der Waals surface area contributed by atoms with Gasteiger partial charge in [-0.15, -0.1) is 0 Å². The van der Waals surface area contributed by atoms with Crippen molar-refractivity contribution in [1.29, 1.82) is 0 Å². The van der Waals surface area contributed by atoms with E-state index in [0.717, 1.165) is 33.3 Å². The molecule has 30 heavy (non-hydrogen) atoms. The Morgan fingerprint density at radius 2 is 2.03 bits per heavy atom.